The van der Waals surface area contributed by atoms with Crippen LogP contribution in [0.3, 0.4) is 0 Å². The molecule has 0 aliphatic heterocycles. The van der Waals surface area contributed by atoms with Crippen molar-refractivity contribution in [2.45, 2.75) is 45.4 Å². The lowest BCUT2D eigenvalue weighted by atomic mass is 9.86. The van der Waals surface area contributed by atoms with Gasteiger partial charge in [-0.25, -0.2) is 4.79 Å². The van der Waals surface area contributed by atoms with Crippen molar-refractivity contribution in [2.24, 2.45) is 0 Å². The highest BCUT2D eigenvalue weighted by Gasteiger charge is 2.29. The topological polar surface area (TPSA) is 67.9 Å². The summed E-state index contributed by atoms with van der Waals surface area (Å²) in [6.45, 7) is 2.81. The van der Waals surface area contributed by atoms with E-state index in [2.05, 4.69) is 17.4 Å². The summed E-state index contributed by atoms with van der Waals surface area (Å²) < 4.78 is 10.9. The smallest absolute Gasteiger partial charge is 0.325 e. The number of fused-ring (bicyclic) bond motifs is 1. The fraction of sp³-hybridized carbons (Fsp3) is 0.310. The minimum atomic E-state index is -0.440. The Bertz CT molecular complexity index is 1120. The molecule has 0 aromatic heterocycles. The van der Waals surface area contributed by atoms with Crippen molar-refractivity contribution < 1.29 is 19.1 Å². The maximum Gasteiger partial charge on any atom is 0.325 e. The monoisotopic (exact) mass is 472 g/mol. The lowest BCUT2D eigenvalue weighted by Gasteiger charge is -2.36. The second kappa shape index (κ2) is 12.1. The third-order valence-electron chi connectivity index (χ3n) is 6.19. The number of hydrogen-bond acceptors (Lipinski definition) is 4. The summed E-state index contributed by atoms with van der Waals surface area (Å²) in [7, 11) is 0. The Morgan fingerprint density at radius 3 is 2.46 bits per heavy atom. The first-order valence-corrected chi connectivity index (χ1v) is 12.2. The number of nitrogens with one attached hydrogen (secondary N) is 1. The van der Waals surface area contributed by atoms with Gasteiger partial charge in [-0.2, -0.15) is 0 Å². The SMILES string of the molecule is CCOC(=O)CNC(=O)N(Cc1ccc(OCc2ccccc2)cc1)C1CCCc2ccccc21. The first-order chi connectivity index (χ1) is 17.1. The Morgan fingerprint density at radius 2 is 1.69 bits per heavy atom. The van der Waals surface area contributed by atoms with Gasteiger partial charge in [0.2, 0.25) is 0 Å². The molecule has 1 aliphatic rings. The Kier molecular flexibility index (Phi) is 8.39. The molecular weight excluding hydrogens is 440 g/mol. The average Bonchev–Trinajstić information content (AvgIpc) is 2.90. The van der Waals surface area contributed by atoms with Gasteiger partial charge in [0, 0.05) is 6.54 Å². The molecule has 0 spiro atoms. The van der Waals surface area contributed by atoms with E-state index in [1.807, 2.05) is 71.6 Å². The standard InChI is InChI=1S/C29H32N2O4/c1-2-34-28(32)19-30-29(33)31(27-14-8-12-24-11-6-7-13-26(24)27)20-22-15-17-25(18-16-22)35-21-23-9-4-3-5-10-23/h3-7,9-11,13,15-18,27H,2,8,12,14,19-21H2,1H3,(H,30,33). The number of esters is 1. The zero-order valence-electron chi connectivity index (χ0n) is 20.1. The van der Waals surface area contributed by atoms with E-state index in [1.54, 1.807) is 6.92 Å². The summed E-state index contributed by atoms with van der Waals surface area (Å²) in [6, 6.07) is 25.8. The van der Waals surface area contributed by atoms with Crippen LogP contribution in [0.25, 0.3) is 0 Å². The minimum absolute atomic E-state index is 0.0591. The van der Waals surface area contributed by atoms with Crippen LogP contribution in [0.4, 0.5) is 4.79 Å². The van der Waals surface area contributed by atoms with E-state index in [0.29, 0.717) is 13.2 Å². The summed E-state index contributed by atoms with van der Waals surface area (Å²) in [5.41, 5.74) is 4.55. The highest BCUT2D eigenvalue weighted by molar-refractivity contribution is 5.81. The summed E-state index contributed by atoms with van der Waals surface area (Å²) in [6.07, 6.45) is 2.90. The zero-order chi connectivity index (χ0) is 24.5. The quantitative estimate of drug-likeness (QED) is 0.423. The van der Waals surface area contributed by atoms with E-state index in [0.717, 1.165) is 36.1 Å². The van der Waals surface area contributed by atoms with Crippen LogP contribution in [0.5, 0.6) is 5.75 Å². The average molecular weight is 473 g/mol. The Labute approximate surface area is 206 Å². The number of carbonyl (C=O) groups is 2. The third-order valence-corrected chi connectivity index (χ3v) is 6.19. The van der Waals surface area contributed by atoms with Crippen molar-refractivity contribution in [1.82, 2.24) is 10.2 Å². The van der Waals surface area contributed by atoms with Gasteiger partial charge in [0.1, 0.15) is 18.9 Å². The van der Waals surface area contributed by atoms with Crippen molar-refractivity contribution in [3.63, 3.8) is 0 Å². The molecule has 1 unspecified atom stereocenters. The Hall–Kier alpha value is -3.80. The van der Waals surface area contributed by atoms with Gasteiger partial charge in [0.05, 0.1) is 12.6 Å². The molecule has 0 radical (unpaired) electrons. The molecular formula is C29H32N2O4. The van der Waals surface area contributed by atoms with E-state index < -0.39 is 5.97 Å². The van der Waals surface area contributed by atoms with Crippen LogP contribution in [0.1, 0.15) is 48.1 Å². The number of rotatable bonds is 9. The normalized spacial score (nSPS) is 14.5. The molecule has 0 heterocycles. The van der Waals surface area contributed by atoms with Gasteiger partial charge < -0.3 is 19.7 Å². The van der Waals surface area contributed by atoms with Crippen molar-refractivity contribution >= 4 is 12.0 Å². The minimum Gasteiger partial charge on any atom is -0.489 e. The summed E-state index contributed by atoms with van der Waals surface area (Å²) in [5.74, 6) is 0.337. The molecule has 6 nitrogen and oxygen atoms in total. The lowest BCUT2D eigenvalue weighted by Crippen LogP contribution is -2.44. The third kappa shape index (κ3) is 6.63. The second-order valence-electron chi connectivity index (χ2n) is 8.62. The lowest BCUT2D eigenvalue weighted by molar-refractivity contribution is -0.141. The summed E-state index contributed by atoms with van der Waals surface area (Å²) in [5, 5.41) is 2.75. The van der Waals surface area contributed by atoms with Crippen LogP contribution >= 0.6 is 0 Å². The van der Waals surface area contributed by atoms with Gasteiger partial charge in [-0.1, -0.05) is 66.7 Å². The highest BCUT2D eigenvalue weighted by atomic mass is 16.5. The van der Waals surface area contributed by atoms with E-state index in [4.69, 9.17) is 9.47 Å². The summed E-state index contributed by atoms with van der Waals surface area (Å²) >= 11 is 0. The molecule has 2 amide bonds. The molecule has 0 saturated heterocycles. The van der Waals surface area contributed by atoms with E-state index in [1.165, 1.54) is 11.1 Å². The van der Waals surface area contributed by atoms with Crippen LogP contribution in [0, 0.1) is 0 Å². The molecule has 6 heteroatoms. The molecule has 35 heavy (non-hydrogen) atoms. The zero-order valence-corrected chi connectivity index (χ0v) is 20.1. The molecule has 1 aliphatic carbocycles. The molecule has 1 atom stereocenters. The van der Waals surface area contributed by atoms with Crippen molar-refractivity contribution in [1.29, 1.82) is 0 Å². The number of amides is 2. The van der Waals surface area contributed by atoms with Gasteiger partial charge >= 0.3 is 12.0 Å². The van der Waals surface area contributed by atoms with Crippen molar-refractivity contribution in [2.75, 3.05) is 13.2 Å². The van der Waals surface area contributed by atoms with Crippen LogP contribution in [0.15, 0.2) is 78.9 Å². The molecule has 0 saturated carbocycles. The van der Waals surface area contributed by atoms with Gasteiger partial charge in [0.25, 0.3) is 0 Å². The molecule has 3 aromatic rings. The van der Waals surface area contributed by atoms with Gasteiger partial charge in [-0.3, -0.25) is 4.79 Å². The number of urea groups is 1. The number of ether oxygens (including phenoxy) is 2. The van der Waals surface area contributed by atoms with Crippen LogP contribution < -0.4 is 10.1 Å². The van der Waals surface area contributed by atoms with E-state index >= 15 is 0 Å². The Balaban J connectivity index is 1.48. The maximum absolute atomic E-state index is 13.3. The fourth-order valence-electron chi connectivity index (χ4n) is 4.47. The summed E-state index contributed by atoms with van der Waals surface area (Å²) in [4.78, 5) is 26.9. The highest BCUT2D eigenvalue weighted by Crippen LogP contribution is 2.35. The Morgan fingerprint density at radius 1 is 0.943 bits per heavy atom. The van der Waals surface area contributed by atoms with Crippen LogP contribution in [-0.2, 0) is 29.1 Å². The molecule has 3 aromatic carbocycles. The van der Waals surface area contributed by atoms with Crippen molar-refractivity contribution in [3.05, 3.63) is 101 Å². The van der Waals surface area contributed by atoms with Crippen LogP contribution in [0.2, 0.25) is 0 Å². The first kappa shape index (κ1) is 24.3. The molecule has 1 N–H and O–H groups in total. The van der Waals surface area contributed by atoms with Gasteiger partial charge in [-0.05, 0) is 60.6 Å². The predicted octanol–water partition coefficient (Wildman–Crippen LogP) is 5.42. The number of aryl methyl sites for hydroxylation is 1. The fourth-order valence-corrected chi connectivity index (χ4v) is 4.47. The van der Waals surface area contributed by atoms with E-state index in [9.17, 15) is 9.59 Å². The van der Waals surface area contributed by atoms with Crippen molar-refractivity contribution in [3.8, 4) is 5.75 Å². The van der Waals surface area contributed by atoms with Gasteiger partial charge in [-0.15, -0.1) is 0 Å². The molecule has 182 valence electrons. The van der Waals surface area contributed by atoms with E-state index in [-0.39, 0.29) is 25.2 Å². The maximum atomic E-state index is 13.3. The van der Waals surface area contributed by atoms with Crippen LogP contribution in [-0.4, -0.2) is 30.1 Å². The predicted molar refractivity (Wildman–Crippen MR) is 135 cm³/mol. The first-order valence-electron chi connectivity index (χ1n) is 12.2. The van der Waals surface area contributed by atoms with Gasteiger partial charge in [0.15, 0.2) is 0 Å². The number of benzene rings is 3. The molecule has 4 rings (SSSR count). The number of nitrogens with zero attached hydrogens (tertiary/aromatic N) is 1. The molecule has 0 bridgehead atoms. The number of carbonyl (C=O) groups excluding carboxylic acids is 2. The largest absolute Gasteiger partial charge is 0.489 e. The molecule has 0 fully saturated rings. The number of hydrogen-bond donors (Lipinski definition) is 1. The second-order valence-corrected chi connectivity index (χ2v) is 8.62.